The van der Waals surface area contributed by atoms with E-state index in [1.807, 2.05) is 13.1 Å². The van der Waals surface area contributed by atoms with Gasteiger partial charge in [0.15, 0.2) is 0 Å². The fourth-order valence-electron chi connectivity index (χ4n) is 4.45. The Morgan fingerprint density at radius 3 is 2.63 bits per heavy atom. The maximum atomic E-state index is 12.0. The first-order valence-corrected chi connectivity index (χ1v) is 10.9. The summed E-state index contributed by atoms with van der Waals surface area (Å²) in [5, 5.41) is 0. The number of esters is 1. The maximum Gasteiger partial charge on any atom is 0.306 e. The lowest BCUT2D eigenvalue weighted by Crippen LogP contribution is -2.46. The van der Waals surface area contributed by atoms with Crippen LogP contribution in [-0.2, 0) is 9.53 Å². The van der Waals surface area contributed by atoms with Crippen LogP contribution in [0, 0.1) is 18.3 Å². The van der Waals surface area contributed by atoms with Crippen molar-refractivity contribution >= 4 is 17.5 Å². The SMILES string of the molecule is CCOC(=O)CC1CCN(c2cc(-c3ccccc3C)c(N(C)C)cn2)CC1(C)C. The lowest BCUT2D eigenvalue weighted by atomic mass is 9.72. The second-order valence-corrected chi connectivity index (χ2v) is 9.17. The minimum absolute atomic E-state index is 0.00966. The number of pyridine rings is 1. The molecule has 0 spiro atoms. The van der Waals surface area contributed by atoms with Crippen LogP contribution in [0.5, 0.6) is 0 Å². The van der Waals surface area contributed by atoms with Gasteiger partial charge in [0.05, 0.1) is 18.5 Å². The number of benzene rings is 1. The molecule has 0 aliphatic carbocycles. The van der Waals surface area contributed by atoms with Crippen molar-refractivity contribution in [2.75, 3.05) is 43.6 Å². The van der Waals surface area contributed by atoms with Gasteiger partial charge in [-0.15, -0.1) is 0 Å². The van der Waals surface area contributed by atoms with Gasteiger partial charge in [-0.3, -0.25) is 4.79 Å². The zero-order valence-corrected chi connectivity index (χ0v) is 19.2. The Bertz CT molecular complexity index is 892. The summed E-state index contributed by atoms with van der Waals surface area (Å²) in [5.41, 5.74) is 4.82. The molecule has 5 nitrogen and oxygen atoms in total. The number of piperidine rings is 1. The van der Waals surface area contributed by atoms with Gasteiger partial charge in [-0.05, 0) is 48.8 Å². The molecule has 5 heteroatoms. The van der Waals surface area contributed by atoms with Gasteiger partial charge in [0.2, 0.25) is 0 Å². The molecular formula is C25H35N3O2. The van der Waals surface area contributed by atoms with Gasteiger partial charge in [0.25, 0.3) is 0 Å². The summed E-state index contributed by atoms with van der Waals surface area (Å²) in [5.74, 6) is 1.24. The fraction of sp³-hybridized carbons (Fsp3) is 0.520. The highest BCUT2D eigenvalue weighted by Crippen LogP contribution is 2.40. The minimum atomic E-state index is -0.0840. The summed E-state index contributed by atoms with van der Waals surface area (Å²) >= 11 is 0. The molecule has 3 rings (SSSR count). The largest absolute Gasteiger partial charge is 0.466 e. The number of aryl methyl sites for hydroxylation is 1. The van der Waals surface area contributed by atoms with Crippen LogP contribution in [0.15, 0.2) is 36.5 Å². The lowest BCUT2D eigenvalue weighted by Gasteiger charge is -2.44. The molecular weight excluding hydrogens is 374 g/mol. The molecule has 30 heavy (non-hydrogen) atoms. The Morgan fingerprint density at radius 1 is 1.27 bits per heavy atom. The Balaban J connectivity index is 1.88. The maximum absolute atomic E-state index is 12.0. The van der Waals surface area contributed by atoms with Crippen molar-refractivity contribution in [2.45, 2.75) is 40.5 Å². The van der Waals surface area contributed by atoms with Gasteiger partial charge in [0, 0.05) is 39.2 Å². The van der Waals surface area contributed by atoms with Crippen LogP contribution in [0.4, 0.5) is 11.5 Å². The summed E-state index contributed by atoms with van der Waals surface area (Å²) in [7, 11) is 4.12. The predicted molar refractivity (Wildman–Crippen MR) is 124 cm³/mol. The molecule has 1 aromatic carbocycles. The van der Waals surface area contributed by atoms with Crippen LogP contribution in [0.1, 0.15) is 39.2 Å². The highest BCUT2D eigenvalue weighted by Gasteiger charge is 2.37. The number of carbonyl (C=O) groups excluding carboxylic acids is 1. The Morgan fingerprint density at radius 2 is 2.00 bits per heavy atom. The lowest BCUT2D eigenvalue weighted by molar-refractivity contribution is -0.145. The number of aromatic nitrogens is 1. The highest BCUT2D eigenvalue weighted by atomic mass is 16.5. The van der Waals surface area contributed by atoms with E-state index in [0.717, 1.165) is 31.0 Å². The van der Waals surface area contributed by atoms with E-state index < -0.39 is 0 Å². The van der Waals surface area contributed by atoms with E-state index in [1.165, 1.54) is 16.7 Å². The van der Waals surface area contributed by atoms with Gasteiger partial charge >= 0.3 is 5.97 Å². The number of ether oxygens (including phenoxy) is 1. The molecule has 162 valence electrons. The summed E-state index contributed by atoms with van der Waals surface area (Å²) in [6.07, 6.45) is 3.44. The second kappa shape index (κ2) is 9.07. The molecule has 0 radical (unpaired) electrons. The number of hydrogen-bond acceptors (Lipinski definition) is 5. The van der Waals surface area contributed by atoms with Gasteiger partial charge < -0.3 is 14.5 Å². The molecule has 0 bridgehead atoms. The van der Waals surface area contributed by atoms with Crippen LogP contribution in [0.25, 0.3) is 11.1 Å². The van der Waals surface area contributed by atoms with Crippen LogP contribution < -0.4 is 9.80 Å². The minimum Gasteiger partial charge on any atom is -0.466 e. The topological polar surface area (TPSA) is 45.7 Å². The van der Waals surface area contributed by atoms with E-state index in [4.69, 9.17) is 9.72 Å². The van der Waals surface area contributed by atoms with Crippen LogP contribution in [0.2, 0.25) is 0 Å². The van der Waals surface area contributed by atoms with Gasteiger partial charge in [-0.1, -0.05) is 38.1 Å². The third-order valence-electron chi connectivity index (χ3n) is 6.28. The first-order valence-electron chi connectivity index (χ1n) is 10.9. The Labute approximate surface area is 181 Å². The van der Waals surface area contributed by atoms with E-state index >= 15 is 0 Å². The summed E-state index contributed by atoms with van der Waals surface area (Å²) in [4.78, 5) is 21.3. The van der Waals surface area contributed by atoms with Crippen molar-refractivity contribution < 1.29 is 9.53 Å². The fourth-order valence-corrected chi connectivity index (χ4v) is 4.45. The molecule has 1 fully saturated rings. The number of carbonyl (C=O) groups is 1. The quantitative estimate of drug-likeness (QED) is 0.633. The molecule has 0 N–H and O–H groups in total. The van der Waals surface area contributed by atoms with Crippen LogP contribution in [-0.4, -0.2) is 44.7 Å². The van der Waals surface area contributed by atoms with E-state index in [9.17, 15) is 4.79 Å². The standard InChI is InChI=1S/C25H35N3O2/c1-7-30-24(29)14-19-12-13-28(17-25(19,3)4)23-15-21(22(16-26-23)27(5)6)20-11-9-8-10-18(20)2/h8-11,15-16,19H,7,12-14,17H2,1-6H3. The molecule has 1 saturated heterocycles. The van der Waals surface area contributed by atoms with Gasteiger partial charge in [-0.25, -0.2) is 4.98 Å². The van der Waals surface area contributed by atoms with Crippen LogP contribution in [0.3, 0.4) is 0 Å². The Hall–Kier alpha value is -2.56. The van der Waals surface area contributed by atoms with E-state index in [1.54, 1.807) is 0 Å². The number of hydrogen-bond donors (Lipinski definition) is 0. The highest BCUT2D eigenvalue weighted by molar-refractivity contribution is 5.82. The predicted octanol–water partition coefficient (Wildman–Crippen LogP) is 4.93. The second-order valence-electron chi connectivity index (χ2n) is 9.17. The molecule has 0 amide bonds. The molecule has 1 aromatic heterocycles. The van der Waals surface area contributed by atoms with Crippen molar-refractivity contribution in [2.24, 2.45) is 11.3 Å². The zero-order valence-electron chi connectivity index (χ0n) is 19.2. The van der Waals surface area contributed by atoms with Crippen molar-refractivity contribution in [3.8, 4) is 11.1 Å². The average molecular weight is 410 g/mol. The van der Waals surface area contributed by atoms with Gasteiger partial charge in [0.1, 0.15) is 5.82 Å². The van der Waals surface area contributed by atoms with E-state index in [2.05, 4.69) is 75.0 Å². The Kier molecular flexibility index (Phi) is 6.69. The summed E-state index contributed by atoms with van der Waals surface area (Å²) in [6, 6.07) is 10.7. The summed E-state index contributed by atoms with van der Waals surface area (Å²) < 4.78 is 5.19. The van der Waals surface area contributed by atoms with Crippen molar-refractivity contribution in [1.29, 1.82) is 0 Å². The molecule has 2 heterocycles. The average Bonchev–Trinajstić information content (AvgIpc) is 2.69. The number of anilines is 2. The first kappa shape index (κ1) is 22.1. The molecule has 1 aliphatic heterocycles. The van der Waals surface area contributed by atoms with Crippen LogP contribution >= 0.6 is 0 Å². The third kappa shape index (κ3) is 4.77. The van der Waals surface area contributed by atoms with E-state index in [0.29, 0.717) is 18.9 Å². The molecule has 1 unspecified atom stereocenters. The molecule has 0 saturated carbocycles. The molecule has 1 aliphatic rings. The van der Waals surface area contributed by atoms with Crippen molar-refractivity contribution in [3.05, 3.63) is 42.1 Å². The van der Waals surface area contributed by atoms with Crippen molar-refractivity contribution in [3.63, 3.8) is 0 Å². The third-order valence-corrected chi connectivity index (χ3v) is 6.28. The van der Waals surface area contributed by atoms with E-state index in [-0.39, 0.29) is 11.4 Å². The zero-order chi connectivity index (χ0) is 21.9. The molecule has 2 aromatic rings. The smallest absolute Gasteiger partial charge is 0.306 e. The normalized spacial score (nSPS) is 18.2. The first-order chi connectivity index (χ1) is 14.2. The monoisotopic (exact) mass is 409 g/mol. The number of nitrogens with zero attached hydrogens (tertiary/aromatic N) is 3. The van der Waals surface area contributed by atoms with Crippen molar-refractivity contribution in [1.82, 2.24) is 4.98 Å². The summed E-state index contributed by atoms with van der Waals surface area (Å²) in [6.45, 7) is 10.7. The molecule has 1 atom stereocenters. The van der Waals surface area contributed by atoms with Gasteiger partial charge in [-0.2, -0.15) is 0 Å². The number of rotatable bonds is 6.